The lowest BCUT2D eigenvalue weighted by molar-refractivity contribution is -0.127. The number of Topliss-reactive ketones (excluding diaryl/α,β-unsaturated/α-hetero) is 1. The summed E-state index contributed by atoms with van der Waals surface area (Å²) in [4.78, 5) is 21.8. The van der Waals surface area contributed by atoms with Gasteiger partial charge in [0, 0.05) is 11.0 Å². The third-order valence-electron chi connectivity index (χ3n) is 2.13. The fourth-order valence-electron chi connectivity index (χ4n) is 1.36. The second-order valence-electron chi connectivity index (χ2n) is 3.71. The topological polar surface area (TPSA) is 46.2 Å². The van der Waals surface area contributed by atoms with Crippen LogP contribution in [0.3, 0.4) is 0 Å². The first-order valence-electron chi connectivity index (χ1n) is 5.19. The molecule has 0 aliphatic rings. The minimum atomic E-state index is -0.326. The molecule has 0 unspecified atom stereocenters. The first-order valence-corrected chi connectivity index (χ1v) is 5.98. The first-order chi connectivity index (χ1) is 7.99. The molecule has 5 heteroatoms. The van der Waals surface area contributed by atoms with Gasteiger partial charge in [0.2, 0.25) is 5.91 Å². The number of amides is 1. The molecule has 0 radical (unpaired) electrons. The number of benzene rings is 1. The molecule has 0 aromatic heterocycles. The maximum Gasteiger partial charge on any atom is 0.227 e. The van der Waals surface area contributed by atoms with E-state index in [1.807, 2.05) is 0 Å². The third-order valence-corrected chi connectivity index (χ3v) is 2.63. The van der Waals surface area contributed by atoms with Gasteiger partial charge in [0.1, 0.15) is 11.6 Å². The molecule has 0 saturated heterocycles. The van der Waals surface area contributed by atoms with E-state index in [0.29, 0.717) is 18.5 Å². The molecule has 0 atom stereocenters. The minimum Gasteiger partial charge on any atom is -0.355 e. The molecule has 1 amide bonds. The molecule has 92 valence electrons. The van der Waals surface area contributed by atoms with E-state index in [-0.39, 0.29) is 23.9 Å². The lowest BCUT2D eigenvalue weighted by Gasteiger charge is -2.05. The lowest BCUT2D eigenvalue weighted by atomic mass is 10.1. The van der Waals surface area contributed by atoms with Crippen LogP contribution in [0.1, 0.15) is 18.9 Å². The number of rotatable bonds is 5. The van der Waals surface area contributed by atoms with E-state index in [0.717, 1.165) is 4.47 Å². The first kappa shape index (κ1) is 13.8. The fourth-order valence-corrected chi connectivity index (χ4v) is 1.77. The van der Waals surface area contributed by atoms with Crippen molar-refractivity contribution in [3.63, 3.8) is 0 Å². The highest BCUT2D eigenvalue weighted by atomic mass is 79.9. The SMILES string of the molecule is CC(=O)CC(=O)NCCc1cc(Br)ccc1F. The molecule has 17 heavy (non-hydrogen) atoms. The normalized spacial score (nSPS) is 10.1. The van der Waals surface area contributed by atoms with Gasteiger partial charge in [-0.05, 0) is 37.1 Å². The van der Waals surface area contributed by atoms with Crippen molar-refractivity contribution in [2.45, 2.75) is 19.8 Å². The predicted octanol–water partition coefficient (Wildman–Crippen LogP) is 2.23. The smallest absolute Gasteiger partial charge is 0.227 e. The highest BCUT2D eigenvalue weighted by Gasteiger charge is 2.06. The number of halogens is 2. The average Bonchev–Trinajstić information content (AvgIpc) is 2.22. The summed E-state index contributed by atoms with van der Waals surface area (Å²) in [7, 11) is 0. The lowest BCUT2D eigenvalue weighted by Crippen LogP contribution is -2.27. The van der Waals surface area contributed by atoms with Gasteiger partial charge in [-0.2, -0.15) is 0 Å². The molecule has 0 fully saturated rings. The van der Waals surface area contributed by atoms with Crippen molar-refractivity contribution >= 4 is 27.6 Å². The highest BCUT2D eigenvalue weighted by molar-refractivity contribution is 9.10. The Balaban J connectivity index is 2.43. The average molecular weight is 302 g/mol. The zero-order valence-electron chi connectivity index (χ0n) is 9.43. The van der Waals surface area contributed by atoms with Crippen molar-refractivity contribution in [3.05, 3.63) is 34.1 Å². The zero-order chi connectivity index (χ0) is 12.8. The van der Waals surface area contributed by atoms with E-state index < -0.39 is 0 Å². The third kappa shape index (κ3) is 5.08. The Kier molecular flexibility index (Phi) is 5.28. The van der Waals surface area contributed by atoms with Crippen LogP contribution in [0.5, 0.6) is 0 Å². The van der Waals surface area contributed by atoms with Gasteiger partial charge in [0.15, 0.2) is 0 Å². The van der Waals surface area contributed by atoms with E-state index in [2.05, 4.69) is 21.2 Å². The molecule has 0 aliphatic heterocycles. The minimum absolute atomic E-state index is 0.124. The maximum atomic E-state index is 13.3. The Bertz CT molecular complexity index is 435. The molecule has 0 saturated carbocycles. The molecular formula is C12H13BrFNO2. The summed E-state index contributed by atoms with van der Waals surface area (Å²) >= 11 is 3.25. The number of hydrogen-bond acceptors (Lipinski definition) is 2. The van der Waals surface area contributed by atoms with Gasteiger partial charge in [-0.3, -0.25) is 9.59 Å². The maximum absolute atomic E-state index is 13.3. The van der Waals surface area contributed by atoms with Crippen LogP contribution < -0.4 is 5.32 Å². The summed E-state index contributed by atoms with van der Waals surface area (Å²) in [5, 5.41) is 2.57. The van der Waals surface area contributed by atoms with Crippen molar-refractivity contribution in [2.24, 2.45) is 0 Å². The van der Waals surface area contributed by atoms with Crippen LogP contribution in [-0.4, -0.2) is 18.2 Å². The molecule has 1 N–H and O–H groups in total. The highest BCUT2D eigenvalue weighted by Crippen LogP contribution is 2.15. The van der Waals surface area contributed by atoms with Crippen LogP contribution in [0, 0.1) is 5.82 Å². The Morgan fingerprint density at radius 1 is 1.41 bits per heavy atom. The molecule has 0 spiro atoms. The van der Waals surface area contributed by atoms with Crippen molar-refractivity contribution in [2.75, 3.05) is 6.54 Å². The van der Waals surface area contributed by atoms with E-state index in [9.17, 15) is 14.0 Å². The van der Waals surface area contributed by atoms with Crippen molar-refractivity contribution in [3.8, 4) is 0 Å². The second kappa shape index (κ2) is 6.49. The molecule has 1 aromatic rings. The number of nitrogens with one attached hydrogen (secondary N) is 1. The van der Waals surface area contributed by atoms with E-state index in [1.54, 1.807) is 12.1 Å². The summed E-state index contributed by atoms with van der Waals surface area (Å²) in [6, 6.07) is 4.66. The fraction of sp³-hybridized carbons (Fsp3) is 0.333. The number of carbonyl (C=O) groups is 2. The number of carbonyl (C=O) groups excluding carboxylic acids is 2. The Labute approximate surface area is 108 Å². The second-order valence-corrected chi connectivity index (χ2v) is 4.63. The van der Waals surface area contributed by atoms with Crippen LogP contribution >= 0.6 is 15.9 Å². The van der Waals surface area contributed by atoms with E-state index in [4.69, 9.17) is 0 Å². The molecule has 0 heterocycles. The summed E-state index contributed by atoms with van der Waals surface area (Å²) < 4.78 is 14.1. The number of hydrogen-bond donors (Lipinski definition) is 1. The summed E-state index contributed by atoms with van der Waals surface area (Å²) in [6.07, 6.45) is 0.274. The Morgan fingerprint density at radius 3 is 2.76 bits per heavy atom. The predicted molar refractivity (Wildman–Crippen MR) is 66.1 cm³/mol. The molecule has 0 bridgehead atoms. The van der Waals surface area contributed by atoms with Crippen molar-refractivity contribution < 1.29 is 14.0 Å². The van der Waals surface area contributed by atoms with Gasteiger partial charge in [-0.15, -0.1) is 0 Å². The van der Waals surface area contributed by atoms with Crippen molar-refractivity contribution in [1.29, 1.82) is 0 Å². The molecule has 1 aromatic carbocycles. The standard InChI is InChI=1S/C12H13BrFNO2/c1-8(16)6-12(17)15-5-4-9-7-10(13)2-3-11(9)14/h2-3,7H,4-6H2,1H3,(H,15,17). The quantitative estimate of drug-likeness (QED) is 0.848. The van der Waals surface area contributed by atoms with Crippen LogP contribution in [-0.2, 0) is 16.0 Å². The monoisotopic (exact) mass is 301 g/mol. The Morgan fingerprint density at radius 2 is 2.12 bits per heavy atom. The zero-order valence-corrected chi connectivity index (χ0v) is 11.0. The van der Waals surface area contributed by atoms with Gasteiger partial charge in [0.25, 0.3) is 0 Å². The largest absolute Gasteiger partial charge is 0.355 e. The molecule has 1 rings (SSSR count). The van der Waals surface area contributed by atoms with Crippen LogP contribution in [0.15, 0.2) is 22.7 Å². The summed E-state index contributed by atoms with van der Waals surface area (Å²) in [6.45, 7) is 1.67. The van der Waals surface area contributed by atoms with Gasteiger partial charge < -0.3 is 5.32 Å². The van der Waals surface area contributed by atoms with Crippen LogP contribution in [0.2, 0.25) is 0 Å². The summed E-state index contributed by atoms with van der Waals surface area (Å²) in [5.41, 5.74) is 0.530. The summed E-state index contributed by atoms with van der Waals surface area (Å²) in [5.74, 6) is -0.807. The molecule has 3 nitrogen and oxygen atoms in total. The molecule has 0 aliphatic carbocycles. The van der Waals surface area contributed by atoms with Gasteiger partial charge >= 0.3 is 0 Å². The number of ketones is 1. The van der Waals surface area contributed by atoms with Crippen molar-refractivity contribution in [1.82, 2.24) is 5.32 Å². The van der Waals surface area contributed by atoms with Gasteiger partial charge in [-0.1, -0.05) is 15.9 Å². The van der Waals surface area contributed by atoms with E-state index >= 15 is 0 Å². The molecular weight excluding hydrogens is 289 g/mol. The van der Waals surface area contributed by atoms with Gasteiger partial charge in [0.05, 0.1) is 6.42 Å². The van der Waals surface area contributed by atoms with Gasteiger partial charge in [-0.25, -0.2) is 4.39 Å². The van der Waals surface area contributed by atoms with Crippen LogP contribution in [0.25, 0.3) is 0 Å². The Hall–Kier alpha value is -1.23. The van der Waals surface area contributed by atoms with E-state index in [1.165, 1.54) is 13.0 Å². The van der Waals surface area contributed by atoms with Crippen LogP contribution in [0.4, 0.5) is 4.39 Å².